The fourth-order valence-electron chi connectivity index (χ4n) is 4.83. The topological polar surface area (TPSA) is 36.9 Å². The lowest BCUT2D eigenvalue weighted by molar-refractivity contribution is 0.488. The van der Waals surface area contributed by atoms with Crippen molar-refractivity contribution in [1.82, 2.24) is 0 Å². The molecule has 0 saturated carbocycles. The minimum absolute atomic E-state index is 0.0539. The Bertz CT molecular complexity index is 1560. The summed E-state index contributed by atoms with van der Waals surface area (Å²) in [5, 5.41) is 0. The molecular weight excluding hydrogens is 582 g/mol. The molecule has 6 heteroatoms. The average molecular weight is 631 g/mol. The average Bonchev–Trinajstić information content (AvgIpc) is 2.94. The smallest absolute Gasteiger partial charge is 0.275 e. The fraction of sp³-hybridized carbons (Fsp3) is 0.368. The van der Waals surface area contributed by atoms with Crippen molar-refractivity contribution in [3.63, 3.8) is 0 Å². The van der Waals surface area contributed by atoms with Crippen LogP contribution in [0.25, 0.3) is 0 Å². The molecule has 0 bridgehead atoms. The molecule has 2 unspecified atom stereocenters. The van der Waals surface area contributed by atoms with E-state index in [1.54, 1.807) is 0 Å². The Balaban J connectivity index is 1.42. The minimum atomic E-state index is -0.171. The van der Waals surface area contributed by atoms with E-state index in [1.165, 1.54) is 16.7 Å². The van der Waals surface area contributed by atoms with Crippen LogP contribution in [0.2, 0.25) is 0 Å². The van der Waals surface area contributed by atoms with Crippen molar-refractivity contribution >= 4 is 18.1 Å². The molecule has 2 atom stereocenters. The lowest BCUT2D eigenvalue weighted by Gasteiger charge is -2.27. The van der Waals surface area contributed by atoms with Crippen LogP contribution in [0.3, 0.4) is 0 Å². The Morgan fingerprint density at radius 1 is 0.477 bits per heavy atom. The third-order valence-corrected chi connectivity index (χ3v) is 8.84. The Labute approximate surface area is 268 Å². The van der Waals surface area contributed by atoms with Crippen LogP contribution in [-0.2, 0) is 22.7 Å². The van der Waals surface area contributed by atoms with E-state index in [2.05, 4.69) is 112 Å². The van der Waals surface area contributed by atoms with Gasteiger partial charge in [-0.1, -0.05) is 123 Å². The summed E-state index contributed by atoms with van der Waals surface area (Å²) >= 11 is 0. The largest absolute Gasteiger partial charge is 0.440 e. The Morgan fingerprint density at radius 3 is 1.39 bits per heavy atom. The summed E-state index contributed by atoms with van der Waals surface area (Å²) in [5.74, 6) is 3.31. The van der Waals surface area contributed by atoms with E-state index in [0.717, 1.165) is 39.7 Å². The van der Waals surface area contributed by atoms with Gasteiger partial charge in [0.15, 0.2) is 0 Å². The number of rotatable bonds is 10. The summed E-state index contributed by atoms with van der Waals surface area (Å²) in [5.41, 5.74) is 7.12. The SMILES string of the molecule is Cc1cc(C(C)(C)C)ccc1OPOc1ccccc1Cc1ccccc1OPOc1ccc(C(C)(C)C)cc1C(C)(C)C. The number of benzene rings is 4. The van der Waals surface area contributed by atoms with E-state index < -0.39 is 0 Å². The van der Waals surface area contributed by atoms with Gasteiger partial charge in [0.2, 0.25) is 0 Å². The highest BCUT2D eigenvalue weighted by atomic mass is 31.1. The van der Waals surface area contributed by atoms with Crippen molar-refractivity contribution in [2.75, 3.05) is 0 Å². The molecule has 4 nitrogen and oxygen atoms in total. The van der Waals surface area contributed by atoms with Crippen molar-refractivity contribution in [3.05, 3.63) is 118 Å². The molecule has 0 fully saturated rings. The highest BCUT2D eigenvalue weighted by molar-refractivity contribution is 7.27. The summed E-state index contributed by atoms with van der Waals surface area (Å²) < 4.78 is 24.7. The van der Waals surface area contributed by atoms with Gasteiger partial charge < -0.3 is 18.1 Å². The standard InChI is InChI=1S/C38H48O4P2/c1-26-23-29(36(2,3)4)19-21-32(26)39-43-40-33-17-13-11-15-27(33)24-28-16-12-14-18-34(28)41-44-42-35-22-20-30(37(5,6)7)25-31(35)38(8,9)10/h11-23,25,43-44H,24H2,1-10H3. The van der Waals surface area contributed by atoms with Gasteiger partial charge in [-0.25, -0.2) is 0 Å². The van der Waals surface area contributed by atoms with Gasteiger partial charge in [-0.2, -0.15) is 0 Å². The summed E-state index contributed by atoms with van der Waals surface area (Å²) in [6.07, 6.45) is 0.661. The molecule has 0 heterocycles. The maximum atomic E-state index is 6.26. The number of para-hydroxylation sites is 2. The van der Waals surface area contributed by atoms with Crippen LogP contribution < -0.4 is 18.1 Å². The van der Waals surface area contributed by atoms with Crippen LogP contribution in [0.1, 0.15) is 95.7 Å². The first kappa shape index (κ1) is 33.8. The molecule has 0 aliphatic heterocycles. The summed E-state index contributed by atoms with van der Waals surface area (Å²) in [6, 6.07) is 29.1. The molecule has 0 N–H and O–H groups in total. The molecule has 0 spiro atoms. The van der Waals surface area contributed by atoms with Crippen molar-refractivity contribution < 1.29 is 18.1 Å². The van der Waals surface area contributed by atoms with E-state index >= 15 is 0 Å². The lowest BCUT2D eigenvalue weighted by Crippen LogP contribution is -2.17. The predicted octanol–water partition coefficient (Wildman–Crippen LogP) is 11.4. The Hall–Kier alpha value is -3.06. The molecule has 234 valence electrons. The lowest BCUT2D eigenvalue weighted by atomic mass is 9.80. The second kappa shape index (κ2) is 13.9. The molecule has 4 rings (SSSR count). The van der Waals surface area contributed by atoms with Crippen molar-refractivity contribution in [2.24, 2.45) is 0 Å². The van der Waals surface area contributed by atoms with E-state index in [-0.39, 0.29) is 34.3 Å². The van der Waals surface area contributed by atoms with Crippen LogP contribution in [0.15, 0.2) is 84.9 Å². The maximum absolute atomic E-state index is 6.26. The van der Waals surface area contributed by atoms with Gasteiger partial charge in [0, 0.05) is 12.0 Å². The summed E-state index contributed by atoms with van der Waals surface area (Å²) in [4.78, 5) is 0. The van der Waals surface area contributed by atoms with Gasteiger partial charge >= 0.3 is 0 Å². The number of aryl methyl sites for hydroxylation is 1. The highest BCUT2D eigenvalue weighted by Gasteiger charge is 2.23. The zero-order chi connectivity index (χ0) is 32.1. The molecule has 44 heavy (non-hydrogen) atoms. The van der Waals surface area contributed by atoms with Gasteiger partial charge in [0.05, 0.1) is 0 Å². The zero-order valence-electron chi connectivity index (χ0n) is 27.9. The highest BCUT2D eigenvalue weighted by Crippen LogP contribution is 2.39. The molecule has 0 aromatic heterocycles. The van der Waals surface area contributed by atoms with Crippen LogP contribution in [-0.4, -0.2) is 0 Å². The normalized spacial score (nSPS) is 12.7. The van der Waals surface area contributed by atoms with Crippen molar-refractivity contribution in [3.8, 4) is 23.0 Å². The first-order valence-electron chi connectivity index (χ1n) is 15.2. The van der Waals surface area contributed by atoms with Gasteiger partial charge in [0.25, 0.3) is 18.1 Å². The second-order valence-electron chi connectivity index (χ2n) is 14.4. The number of hydrogen-bond donors (Lipinski definition) is 0. The van der Waals surface area contributed by atoms with Gasteiger partial charge in [-0.05, 0) is 75.3 Å². The summed E-state index contributed by atoms with van der Waals surface area (Å²) in [7, 11) is -0.327. The van der Waals surface area contributed by atoms with E-state index in [1.807, 2.05) is 42.5 Å². The van der Waals surface area contributed by atoms with E-state index in [0.29, 0.717) is 6.42 Å². The van der Waals surface area contributed by atoms with Crippen LogP contribution in [0.5, 0.6) is 23.0 Å². The van der Waals surface area contributed by atoms with Crippen LogP contribution in [0, 0.1) is 6.92 Å². The monoisotopic (exact) mass is 630 g/mol. The molecule has 0 radical (unpaired) electrons. The maximum Gasteiger partial charge on any atom is 0.275 e. The Kier molecular flexibility index (Phi) is 10.7. The molecule has 0 aliphatic rings. The molecule has 0 saturated heterocycles. The molecule has 4 aromatic carbocycles. The molecule has 4 aromatic rings. The zero-order valence-corrected chi connectivity index (χ0v) is 29.9. The first-order chi connectivity index (χ1) is 20.6. The fourth-order valence-corrected chi connectivity index (χ4v) is 6.08. The van der Waals surface area contributed by atoms with Gasteiger partial charge in [-0.3, -0.25) is 0 Å². The third-order valence-electron chi connectivity index (χ3n) is 7.63. The molecule has 0 aliphatic carbocycles. The molecule has 0 amide bonds. The number of hydrogen-bond acceptors (Lipinski definition) is 4. The predicted molar refractivity (Wildman–Crippen MR) is 189 cm³/mol. The quantitative estimate of drug-likeness (QED) is 0.163. The van der Waals surface area contributed by atoms with E-state index in [9.17, 15) is 0 Å². The Morgan fingerprint density at radius 2 is 0.909 bits per heavy atom. The van der Waals surface area contributed by atoms with Gasteiger partial charge in [0.1, 0.15) is 23.0 Å². The van der Waals surface area contributed by atoms with Crippen molar-refractivity contribution in [2.45, 2.75) is 91.9 Å². The van der Waals surface area contributed by atoms with Crippen molar-refractivity contribution in [1.29, 1.82) is 0 Å². The minimum Gasteiger partial charge on any atom is -0.440 e. The second-order valence-corrected chi connectivity index (χ2v) is 15.6. The van der Waals surface area contributed by atoms with Crippen LogP contribution in [0.4, 0.5) is 0 Å². The summed E-state index contributed by atoms with van der Waals surface area (Å²) in [6.45, 7) is 22.1. The van der Waals surface area contributed by atoms with Gasteiger partial charge in [-0.15, -0.1) is 0 Å². The molecular formula is C38H48O4P2. The van der Waals surface area contributed by atoms with Crippen LogP contribution >= 0.6 is 18.1 Å². The first-order valence-corrected chi connectivity index (χ1v) is 16.9. The third kappa shape index (κ3) is 8.99. The van der Waals surface area contributed by atoms with E-state index in [4.69, 9.17) is 18.1 Å².